The molecule has 3 amide bonds. The zero-order valence-electron chi connectivity index (χ0n) is 18.2. The van der Waals surface area contributed by atoms with Crippen molar-refractivity contribution in [1.29, 1.82) is 0 Å². The number of likely N-dealkylation sites (tertiary alicyclic amines) is 1. The van der Waals surface area contributed by atoms with E-state index in [1.807, 2.05) is 0 Å². The van der Waals surface area contributed by atoms with E-state index in [1.165, 1.54) is 42.3 Å². The van der Waals surface area contributed by atoms with Crippen molar-refractivity contribution in [2.24, 2.45) is 5.92 Å². The van der Waals surface area contributed by atoms with Crippen LogP contribution in [-0.2, 0) is 15.8 Å². The number of carbonyl (C=O) groups is 3. The Morgan fingerprint density at radius 2 is 1.71 bits per heavy atom. The highest BCUT2D eigenvalue weighted by atomic mass is 35.5. The number of alkyl halides is 3. The van der Waals surface area contributed by atoms with Crippen LogP contribution in [0.25, 0.3) is 0 Å². The van der Waals surface area contributed by atoms with E-state index in [2.05, 4.69) is 5.32 Å². The third-order valence-corrected chi connectivity index (χ3v) is 5.86. The largest absolute Gasteiger partial charge is 0.417 e. The van der Waals surface area contributed by atoms with Gasteiger partial charge in [0, 0.05) is 37.3 Å². The minimum atomic E-state index is -4.67. The number of anilines is 1. The van der Waals surface area contributed by atoms with E-state index in [0.29, 0.717) is 31.5 Å². The quantitative estimate of drug-likeness (QED) is 0.618. The number of carbonyl (C=O) groups excluding carboxylic acids is 3. The van der Waals surface area contributed by atoms with Crippen molar-refractivity contribution in [2.45, 2.75) is 19.0 Å². The van der Waals surface area contributed by atoms with Crippen molar-refractivity contribution in [3.05, 3.63) is 64.4 Å². The number of nitrogens with zero attached hydrogens (tertiary/aromatic N) is 2. The fraction of sp³-hybridized carbons (Fsp3) is 0.348. The standard InChI is InChI=1S/C23H22ClF4N3O3/c1-30(13-20(32)29-17-6-7-19(24)18(12-17)23(26,27)28)21(33)15-8-10-31(11-9-15)22(34)14-2-4-16(25)5-3-14/h2-7,12,15H,8-11,13H2,1H3,(H,29,32). The van der Waals surface area contributed by atoms with Gasteiger partial charge < -0.3 is 15.1 Å². The average Bonchev–Trinajstić information content (AvgIpc) is 2.79. The van der Waals surface area contributed by atoms with Gasteiger partial charge in [0.05, 0.1) is 17.1 Å². The van der Waals surface area contributed by atoms with E-state index in [9.17, 15) is 31.9 Å². The lowest BCUT2D eigenvalue weighted by molar-refractivity contribution is -0.138. The zero-order valence-corrected chi connectivity index (χ0v) is 18.9. The van der Waals surface area contributed by atoms with Crippen molar-refractivity contribution >= 4 is 35.0 Å². The third kappa shape index (κ3) is 6.25. The molecule has 2 aromatic rings. The topological polar surface area (TPSA) is 69.7 Å². The molecule has 0 bridgehead atoms. The van der Waals surface area contributed by atoms with Gasteiger partial charge in [0.25, 0.3) is 5.91 Å². The van der Waals surface area contributed by atoms with E-state index in [1.54, 1.807) is 4.90 Å². The Morgan fingerprint density at radius 3 is 2.29 bits per heavy atom. The lowest BCUT2D eigenvalue weighted by Crippen LogP contribution is -2.45. The van der Waals surface area contributed by atoms with Gasteiger partial charge >= 0.3 is 6.18 Å². The summed E-state index contributed by atoms with van der Waals surface area (Å²) in [5.74, 6) is -2.04. The summed E-state index contributed by atoms with van der Waals surface area (Å²) >= 11 is 5.57. The molecule has 34 heavy (non-hydrogen) atoms. The van der Waals surface area contributed by atoms with E-state index >= 15 is 0 Å². The molecular formula is C23H22ClF4N3O3. The van der Waals surface area contributed by atoms with E-state index in [0.717, 1.165) is 12.1 Å². The lowest BCUT2D eigenvalue weighted by Gasteiger charge is -2.33. The molecule has 0 aliphatic carbocycles. The first-order chi connectivity index (χ1) is 16.0. The summed E-state index contributed by atoms with van der Waals surface area (Å²) in [6.07, 6.45) is -3.88. The summed E-state index contributed by atoms with van der Waals surface area (Å²) in [6.45, 7) is 0.312. The smallest absolute Gasteiger partial charge is 0.339 e. The number of likely N-dealkylation sites (N-methyl/N-ethyl adjacent to an activating group) is 1. The van der Waals surface area contributed by atoms with Gasteiger partial charge in [-0.2, -0.15) is 13.2 Å². The maximum atomic E-state index is 13.1. The molecule has 1 heterocycles. The number of rotatable bonds is 5. The Hall–Kier alpha value is -3.14. The van der Waals surface area contributed by atoms with Crippen LogP contribution in [0.15, 0.2) is 42.5 Å². The minimum absolute atomic E-state index is 0.0878. The number of halogens is 5. The van der Waals surface area contributed by atoms with Crippen LogP contribution in [0.4, 0.5) is 23.2 Å². The first-order valence-electron chi connectivity index (χ1n) is 10.4. The Labute approximate surface area is 198 Å². The van der Waals surface area contributed by atoms with Crippen LogP contribution in [0.5, 0.6) is 0 Å². The monoisotopic (exact) mass is 499 g/mol. The highest BCUT2D eigenvalue weighted by Crippen LogP contribution is 2.36. The molecule has 182 valence electrons. The summed E-state index contributed by atoms with van der Waals surface area (Å²) in [7, 11) is 1.43. The molecule has 1 fully saturated rings. The summed E-state index contributed by atoms with van der Waals surface area (Å²) in [5, 5.41) is 1.86. The minimum Gasteiger partial charge on any atom is -0.339 e. The van der Waals surface area contributed by atoms with Crippen molar-refractivity contribution in [3.63, 3.8) is 0 Å². The molecule has 6 nitrogen and oxygen atoms in total. The number of amides is 3. The van der Waals surface area contributed by atoms with Gasteiger partial charge in [-0.15, -0.1) is 0 Å². The van der Waals surface area contributed by atoms with Gasteiger partial charge in [-0.3, -0.25) is 14.4 Å². The summed E-state index contributed by atoms with van der Waals surface area (Å²) in [4.78, 5) is 40.3. The van der Waals surface area contributed by atoms with Gasteiger partial charge in [-0.05, 0) is 55.3 Å². The fourth-order valence-corrected chi connectivity index (χ4v) is 3.96. The predicted molar refractivity (Wildman–Crippen MR) is 118 cm³/mol. The molecule has 0 spiro atoms. The molecule has 1 aliphatic heterocycles. The van der Waals surface area contributed by atoms with Crippen molar-refractivity contribution < 1.29 is 31.9 Å². The van der Waals surface area contributed by atoms with Gasteiger partial charge in [-0.1, -0.05) is 11.6 Å². The molecule has 0 saturated carbocycles. The van der Waals surface area contributed by atoms with E-state index < -0.39 is 34.4 Å². The molecular weight excluding hydrogens is 478 g/mol. The molecule has 0 atom stereocenters. The lowest BCUT2D eigenvalue weighted by atomic mass is 9.95. The first kappa shape index (κ1) is 25.5. The van der Waals surface area contributed by atoms with Gasteiger partial charge in [0.1, 0.15) is 5.82 Å². The SMILES string of the molecule is CN(CC(=O)Nc1ccc(Cl)c(C(F)(F)F)c1)C(=O)C1CCN(C(=O)c2ccc(F)cc2)CC1. The fourth-order valence-electron chi connectivity index (χ4n) is 3.73. The Bertz CT molecular complexity index is 1070. The highest BCUT2D eigenvalue weighted by Gasteiger charge is 2.34. The second-order valence-electron chi connectivity index (χ2n) is 8.01. The second-order valence-corrected chi connectivity index (χ2v) is 8.42. The van der Waals surface area contributed by atoms with Crippen LogP contribution >= 0.6 is 11.6 Å². The summed E-state index contributed by atoms with van der Waals surface area (Å²) in [6, 6.07) is 8.23. The van der Waals surface area contributed by atoms with E-state index in [4.69, 9.17) is 11.6 Å². The number of hydrogen-bond donors (Lipinski definition) is 1. The number of piperidine rings is 1. The molecule has 0 unspecified atom stereocenters. The average molecular weight is 500 g/mol. The molecule has 3 rings (SSSR count). The van der Waals surface area contributed by atoms with Crippen molar-refractivity contribution in [2.75, 3.05) is 32.0 Å². The summed E-state index contributed by atoms with van der Waals surface area (Å²) < 4.78 is 52.0. The van der Waals surface area contributed by atoms with Crippen LogP contribution in [-0.4, -0.2) is 54.2 Å². The van der Waals surface area contributed by atoms with Crippen LogP contribution in [0.2, 0.25) is 5.02 Å². The second kappa shape index (κ2) is 10.4. The van der Waals surface area contributed by atoms with Gasteiger partial charge in [0.15, 0.2) is 0 Å². The third-order valence-electron chi connectivity index (χ3n) is 5.54. The molecule has 2 aromatic carbocycles. The normalized spacial score (nSPS) is 14.6. The highest BCUT2D eigenvalue weighted by molar-refractivity contribution is 6.31. The van der Waals surface area contributed by atoms with Crippen LogP contribution in [0.1, 0.15) is 28.8 Å². The maximum Gasteiger partial charge on any atom is 0.417 e. The first-order valence-corrected chi connectivity index (χ1v) is 10.8. The molecule has 1 aliphatic rings. The Balaban J connectivity index is 1.52. The molecule has 0 aromatic heterocycles. The zero-order chi connectivity index (χ0) is 25.0. The maximum absolute atomic E-state index is 13.1. The predicted octanol–water partition coefficient (Wildman–Crippen LogP) is 4.45. The molecule has 11 heteroatoms. The number of hydrogen-bond acceptors (Lipinski definition) is 3. The van der Waals surface area contributed by atoms with Crippen LogP contribution in [0.3, 0.4) is 0 Å². The Kier molecular flexibility index (Phi) is 7.81. The van der Waals surface area contributed by atoms with Gasteiger partial charge in [-0.25, -0.2) is 4.39 Å². The van der Waals surface area contributed by atoms with E-state index in [-0.39, 0.29) is 24.0 Å². The molecule has 1 saturated heterocycles. The van der Waals surface area contributed by atoms with Crippen LogP contribution in [0, 0.1) is 11.7 Å². The van der Waals surface area contributed by atoms with Gasteiger partial charge in [0.2, 0.25) is 11.8 Å². The Morgan fingerprint density at radius 1 is 1.09 bits per heavy atom. The molecule has 1 N–H and O–H groups in total. The number of nitrogens with one attached hydrogen (secondary N) is 1. The molecule has 0 radical (unpaired) electrons. The van der Waals surface area contributed by atoms with Crippen molar-refractivity contribution in [1.82, 2.24) is 9.80 Å². The van der Waals surface area contributed by atoms with Crippen molar-refractivity contribution in [3.8, 4) is 0 Å². The number of benzene rings is 2. The van der Waals surface area contributed by atoms with Crippen LogP contribution < -0.4 is 5.32 Å². The summed E-state index contributed by atoms with van der Waals surface area (Å²) in [5.41, 5.74) is -0.802.